The quantitative estimate of drug-likeness (QED) is 0.792. The minimum atomic E-state index is -4.84. The molecule has 19 heavy (non-hydrogen) atoms. The van der Waals surface area contributed by atoms with E-state index in [0.717, 1.165) is 11.3 Å². The highest BCUT2D eigenvalue weighted by Crippen LogP contribution is 2.36. The lowest BCUT2D eigenvalue weighted by Crippen LogP contribution is -2.21. The monoisotopic (exact) mass is 286 g/mol. The van der Waals surface area contributed by atoms with Gasteiger partial charge in [-0.1, -0.05) is 12.1 Å². The number of alkyl halides is 3. The number of ketones is 1. The Labute approximate surface area is 111 Å². The summed E-state index contributed by atoms with van der Waals surface area (Å²) in [4.78, 5) is 11.4. The first-order valence-electron chi connectivity index (χ1n) is 5.28. The number of halogens is 3. The third-order valence-corrected chi connectivity index (χ3v) is 3.58. The molecule has 1 heterocycles. The van der Waals surface area contributed by atoms with E-state index in [2.05, 4.69) is 0 Å². The molecule has 0 saturated carbocycles. The number of thiophene rings is 1. The zero-order chi connectivity index (χ0) is 14.0. The Bertz CT molecular complexity index is 602. The van der Waals surface area contributed by atoms with Gasteiger partial charge in [0.15, 0.2) is 0 Å². The van der Waals surface area contributed by atoms with Crippen molar-refractivity contribution < 1.29 is 22.7 Å². The first-order chi connectivity index (χ1) is 8.93. The molecule has 2 nitrogen and oxygen atoms in total. The number of hydrogen-bond donors (Lipinski definition) is 0. The predicted octanol–water partition coefficient (Wildman–Crippen LogP) is 4.17. The molecule has 6 heteroatoms. The molecule has 0 spiro atoms. The fraction of sp³-hybridized carbons (Fsp3) is 0.154. The topological polar surface area (TPSA) is 26.3 Å². The van der Waals surface area contributed by atoms with Crippen LogP contribution in [0, 0.1) is 0 Å². The molecular formula is C13H9F3O2S. The smallest absolute Gasteiger partial charge is 0.455 e. The van der Waals surface area contributed by atoms with Crippen LogP contribution in [0.25, 0.3) is 10.4 Å². The summed E-state index contributed by atoms with van der Waals surface area (Å²) in [6.45, 7) is 0. The van der Waals surface area contributed by atoms with Crippen LogP contribution in [0.1, 0.15) is 9.67 Å². The second-order valence-electron chi connectivity index (χ2n) is 3.69. The number of para-hydroxylation sites is 1. The van der Waals surface area contributed by atoms with Crippen LogP contribution in [0.15, 0.2) is 36.4 Å². The Morgan fingerprint density at radius 3 is 2.47 bits per heavy atom. The van der Waals surface area contributed by atoms with Gasteiger partial charge in [-0.25, -0.2) is 0 Å². The van der Waals surface area contributed by atoms with Crippen molar-refractivity contribution in [3.8, 4) is 16.2 Å². The molecule has 0 radical (unpaired) electrons. The van der Waals surface area contributed by atoms with Crippen LogP contribution in [0.2, 0.25) is 0 Å². The lowest BCUT2D eigenvalue weighted by molar-refractivity contribution is -0.0882. The van der Waals surface area contributed by atoms with E-state index < -0.39 is 12.0 Å². The number of carbonyl (C=O) groups excluding carboxylic acids is 1. The van der Waals surface area contributed by atoms with Crippen LogP contribution < -0.4 is 4.74 Å². The third-order valence-electron chi connectivity index (χ3n) is 2.46. The Balaban J connectivity index is 2.39. The third kappa shape index (κ3) is 2.78. The van der Waals surface area contributed by atoms with Crippen molar-refractivity contribution in [3.05, 3.63) is 41.3 Å². The van der Waals surface area contributed by atoms with Crippen LogP contribution in [-0.2, 0) is 0 Å². The van der Waals surface area contributed by atoms with E-state index in [4.69, 9.17) is 4.74 Å². The molecular weight excluding hydrogens is 277 g/mol. The van der Waals surface area contributed by atoms with E-state index in [9.17, 15) is 18.0 Å². The van der Waals surface area contributed by atoms with Crippen molar-refractivity contribution in [2.45, 2.75) is 6.18 Å². The summed E-state index contributed by atoms with van der Waals surface area (Å²) in [5.41, 5.74) is 0.663. The molecule has 0 amide bonds. The van der Waals surface area contributed by atoms with Crippen molar-refractivity contribution in [2.75, 3.05) is 7.11 Å². The Kier molecular flexibility index (Phi) is 3.61. The van der Waals surface area contributed by atoms with E-state index >= 15 is 0 Å². The molecule has 1 aromatic heterocycles. The first kappa shape index (κ1) is 13.6. The van der Waals surface area contributed by atoms with Gasteiger partial charge < -0.3 is 4.74 Å². The molecule has 0 saturated heterocycles. The minimum Gasteiger partial charge on any atom is -0.496 e. The Morgan fingerprint density at radius 1 is 1.16 bits per heavy atom. The SMILES string of the molecule is COc1ccccc1-c1ccc(C(=O)C(F)(F)F)s1. The summed E-state index contributed by atoms with van der Waals surface area (Å²) in [6, 6.07) is 9.62. The van der Waals surface area contributed by atoms with Gasteiger partial charge in [0.1, 0.15) is 5.75 Å². The highest BCUT2D eigenvalue weighted by molar-refractivity contribution is 7.17. The Hall–Kier alpha value is -1.82. The normalized spacial score (nSPS) is 11.4. The van der Waals surface area contributed by atoms with Gasteiger partial charge in [0.25, 0.3) is 5.78 Å². The van der Waals surface area contributed by atoms with Gasteiger partial charge in [-0.05, 0) is 24.3 Å². The van der Waals surface area contributed by atoms with Crippen LogP contribution in [0.3, 0.4) is 0 Å². The molecule has 0 fully saturated rings. The summed E-state index contributed by atoms with van der Waals surface area (Å²) in [6.07, 6.45) is -4.84. The molecule has 0 atom stereocenters. The van der Waals surface area contributed by atoms with E-state index in [1.165, 1.54) is 19.2 Å². The highest BCUT2D eigenvalue weighted by atomic mass is 32.1. The minimum absolute atomic E-state index is 0.326. The predicted molar refractivity (Wildman–Crippen MR) is 66.7 cm³/mol. The average Bonchev–Trinajstić information content (AvgIpc) is 2.86. The van der Waals surface area contributed by atoms with Crippen LogP contribution in [0.5, 0.6) is 5.75 Å². The van der Waals surface area contributed by atoms with E-state index in [1.54, 1.807) is 24.3 Å². The molecule has 1 aromatic carbocycles. The summed E-state index contributed by atoms with van der Waals surface area (Å²) in [5, 5.41) is 0. The summed E-state index contributed by atoms with van der Waals surface area (Å²) < 4.78 is 42.1. The average molecular weight is 286 g/mol. The van der Waals surface area contributed by atoms with E-state index in [1.807, 2.05) is 0 Å². The molecule has 0 unspecified atom stereocenters. The molecule has 0 bridgehead atoms. The van der Waals surface area contributed by atoms with Crippen LogP contribution in [-0.4, -0.2) is 19.1 Å². The van der Waals surface area contributed by atoms with Crippen molar-refractivity contribution in [2.24, 2.45) is 0 Å². The van der Waals surface area contributed by atoms with E-state index in [0.29, 0.717) is 16.2 Å². The van der Waals surface area contributed by atoms with E-state index in [-0.39, 0.29) is 4.88 Å². The number of carbonyl (C=O) groups is 1. The zero-order valence-electron chi connectivity index (χ0n) is 9.82. The Morgan fingerprint density at radius 2 is 1.84 bits per heavy atom. The van der Waals surface area contributed by atoms with Gasteiger partial charge in [0.05, 0.1) is 12.0 Å². The molecule has 0 N–H and O–H groups in total. The van der Waals surface area contributed by atoms with Gasteiger partial charge >= 0.3 is 6.18 Å². The fourth-order valence-corrected chi connectivity index (χ4v) is 2.59. The van der Waals surface area contributed by atoms with Gasteiger partial charge in [0, 0.05) is 10.4 Å². The number of rotatable bonds is 3. The molecule has 0 aliphatic heterocycles. The lowest BCUT2D eigenvalue weighted by Gasteiger charge is -2.05. The van der Waals surface area contributed by atoms with Crippen molar-refractivity contribution in [1.82, 2.24) is 0 Å². The number of hydrogen-bond acceptors (Lipinski definition) is 3. The molecule has 100 valence electrons. The number of benzene rings is 1. The van der Waals surface area contributed by atoms with Crippen molar-refractivity contribution in [1.29, 1.82) is 0 Å². The maximum atomic E-state index is 12.3. The number of methoxy groups -OCH3 is 1. The number of ether oxygens (including phenoxy) is 1. The summed E-state index contributed by atoms with van der Waals surface area (Å²) in [7, 11) is 1.48. The summed E-state index contributed by atoms with van der Waals surface area (Å²) >= 11 is 0.801. The lowest BCUT2D eigenvalue weighted by atomic mass is 10.1. The first-order valence-corrected chi connectivity index (χ1v) is 6.10. The second-order valence-corrected chi connectivity index (χ2v) is 4.77. The fourth-order valence-electron chi connectivity index (χ4n) is 1.59. The zero-order valence-corrected chi connectivity index (χ0v) is 10.6. The number of Topliss-reactive ketones (excluding diaryl/α,β-unsaturated/α-hetero) is 1. The van der Waals surface area contributed by atoms with Gasteiger partial charge in [-0.15, -0.1) is 11.3 Å². The summed E-state index contributed by atoms with van der Waals surface area (Å²) in [5.74, 6) is -1.27. The van der Waals surface area contributed by atoms with Crippen molar-refractivity contribution in [3.63, 3.8) is 0 Å². The maximum Gasteiger partial charge on any atom is 0.455 e. The van der Waals surface area contributed by atoms with Crippen LogP contribution >= 0.6 is 11.3 Å². The maximum absolute atomic E-state index is 12.3. The van der Waals surface area contributed by atoms with Gasteiger partial charge in [-0.2, -0.15) is 13.2 Å². The molecule has 0 aliphatic carbocycles. The van der Waals surface area contributed by atoms with Crippen molar-refractivity contribution >= 4 is 17.1 Å². The van der Waals surface area contributed by atoms with Gasteiger partial charge in [0.2, 0.25) is 0 Å². The molecule has 0 aliphatic rings. The van der Waals surface area contributed by atoms with Gasteiger partial charge in [-0.3, -0.25) is 4.79 Å². The molecule has 2 aromatic rings. The van der Waals surface area contributed by atoms with Crippen LogP contribution in [0.4, 0.5) is 13.2 Å². The molecule has 2 rings (SSSR count). The highest BCUT2D eigenvalue weighted by Gasteiger charge is 2.40. The largest absolute Gasteiger partial charge is 0.496 e. The standard InChI is InChI=1S/C13H9F3O2S/c1-18-9-5-3-2-4-8(9)10-6-7-11(19-10)12(17)13(14,15)16/h2-7H,1H3. The second kappa shape index (κ2) is 5.05.